The van der Waals surface area contributed by atoms with Crippen LogP contribution in [0.25, 0.3) is 5.69 Å². The van der Waals surface area contributed by atoms with Gasteiger partial charge in [0.25, 0.3) is 0 Å². The number of aromatic nitrogens is 3. The summed E-state index contributed by atoms with van der Waals surface area (Å²) in [6.07, 6.45) is 3.87. The number of nitrogens with zero attached hydrogens (tertiary/aromatic N) is 3. The summed E-state index contributed by atoms with van der Waals surface area (Å²) in [7, 11) is 0. The molecule has 5 nitrogen and oxygen atoms in total. The van der Waals surface area contributed by atoms with E-state index in [4.69, 9.17) is 10.5 Å². The predicted octanol–water partition coefficient (Wildman–Crippen LogP) is 3.10. The fourth-order valence-electron chi connectivity index (χ4n) is 3.36. The molecule has 3 atom stereocenters. The Morgan fingerprint density at radius 2 is 2.04 bits per heavy atom. The molecule has 6 heteroatoms. The summed E-state index contributed by atoms with van der Waals surface area (Å²) in [5.41, 5.74) is 7.15. The van der Waals surface area contributed by atoms with Gasteiger partial charge >= 0.3 is 0 Å². The number of rotatable bonds is 5. The maximum Gasteiger partial charge on any atom is 0.148 e. The number of ether oxygens (including phenoxy) is 1. The third-order valence-electron chi connectivity index (χ3n) is 4.54. The Bertz CT molecular complexity index is 670. The fraction of sp³-hybridized carbons (Fsp3) is 0.556. The molecule has 1 aromatic heterocycles. The second kappa shape index (κ2) is 7.40. The fourth-order valence-corrected chi connectivity index (χ4v) is 3.36. The number of hydrogen-bond acceptors (Lipinski definition) is 4. The van der Waals surface area contributed by atoms with E-state index in [0.29, 0.717) is 5.82 Å². The quantitative estimate of drug-likeness (QED) is 0.913. The van der Waals surface area contributed by atoms with Crippen LogP contribution in [-0.4, -0.2) is 33.5 Å². The van der Waals surface area contributed by atoms with Crippen molar-refractivity contribution >= 4 is 0 Å². The first-order valence-electron chi connectivity index (χ1n) is 8.65. The molecule has 1 fully saturated rings. The second-order valence-electron chi connectivity index (χ2n) is 6.49. The molecule has 1 heterocycles. The lowest BCUT2D eigenvalue weighted by molar-refractivity contribution is 0.0108. The van der Waals surface area contributed by atoms with Crippen LogP contribution in [0.2, 0.25) is 0 Å². The van der Waals surface area contributed by atoms with Crippen LogP contribution in [0.4, 0.5) is 4.39 Å². The van der Waals surface area contributed by atoms with Crippen LogP contribution >= 0.6 is 0 Å². The van der Waals surface area contributed by atoms with Crippen molar-refractivity contribution in [1.82, 2.24) is 14.8 Å². The van der Waals surface area contributed by atoms with Crippen LogP contribution in [0.1, 0.15) is 50.2 Å². The van der Waals surface area contributed by atoms with Gasteiger partial charge in [-0.3, -0.25) is 0 Å². The molecule has 0 saturated heterocycles. The predicted molar refractivity (Wildman–Crippen MR) is 90.7 cm³/mol. The molecule has 0 radical (unpaired) electrons. The van der Waals surface area contributed by atoms with Gasteiger partial charge in [-0.05, 0) is 56.9 Å². The van der Waals surface area contributed by atoms with E-state index in [0.717, 1.165) is 43.8 Å². The Labute approximate surface area is 142 Å². The first-order chi connectivity index (χ1) is 11.6. The standard InChI is InChI=1S/C18H25FN4O/c1-3-10-24-17-9-4-13(11-16(17)20)18-21-12(2)22-23(18)15-7-5-14(19)6-8-15/h5-8,13,16-17H,3-4,9-11,20H2,1-2H3/t13-,16+,17+/m0/s1. The number of hydrogen-bond donors (Lipinski definition) is 1. The Balaban J connectivity index is 1.79. The van der Waals surface area contributed by atoms with E-state index >= 15 is 0 Å². The molecule has 130 valence electrons. The Kier molecular flexibility index (Phi) is 5.26. The molecule has 2 aromatic rings. The minimum atomic E-state index is -0.257. The molecular formula is C18H25FN4O. The van der Waals surface area contributed by atoms with Crippen molar-refractivity contribution in [3.8, 4) is 5.69 Å². The third kappa shape index (κ3) is 3.65. The maximum absolute atomic E-state index is 13.2. The van der Waals surface area contributed by atoms with Crippen molar-refractivity contribution in [3.63, 3.8) is 0 Å². The maximum atomic E-state index is 13.2. The van der Waals surface area contributed by atoms with Gasteiger partial charge in [-0.2, -0.15) is 5.10 Å². The van der Waals surface area contributed by atoms with Crippen LogP contribution in [0, 0.1) is 12.7 Å². The van der Waals surface area contributed by atoms with E-state index in [-0.39, 0.29) is 23.9 Å². The largest absolute Gasteiger partial charge is 0.377 e. The molecule has 24 heavy (non-hydrogen) atoms. The van der Waals surface area contributed by atoms with Gasteiger partial charge in [-0.1, -0.05) is 6.92 Å². The van der Waals surface area contributed by atoms with Crippen LogP contribution in [-0.2, 0) is 4.74 Å². The summed E-state index contributed by atoms with van der Waals surface area (Å²) in [6, 6.07) is 6.34. The SMILES string of the molecule is CCCO[C@@H]1CC[C@H](c2nc(C)nn2-c2ccc(F)cc2)C[C@H]1N. The van der Waals surface area contributed by atoms with E-state index in [1.54, 1.807) is 12.1 Å². The summed E-state index contributed by atoms with van der Waals surface area (Å²) in [5.74, 6) is 1.61. The van der Waals surface area contributed by atoms with Crippen molar-refractivity contribution in [3.05, 3.63) is 41.7 Å². The first-order valence-corrected chi connectivity index (χ1v) is 8.65. The summed E-state index contributed by atoms with van der Waals surface area (Å²) < 4.78 is 20.9. The average Bonchev–Trinajstić information content (AvgIpc) is 2.96. The Morgan fingerprint density at radius 1 is 1.29 bits per heavy atom. The molecule has 1 aromatic carbocycles. The molecule has 1 aliphatic carbocycles. The highest BCUT2D eigenvalue weighted by molar-refractivity contribution is 5.32. The molecule has 2 N–H and O–H groups in total. The molecule has 1 saturated carbocycles. The van der Waals surface area contributed by atoms with E-state index in [9.17, 15) is 4.39 Å². The zero-order chi connectivity index (χ0) is 17.1. The van der Waals surface area contributed by atoms with Crippen LogP contribution in [0.5, 0.6) is 0 Å². The zero-order valence-electron chi connectivity index (χ0n) is 14.3. The minimum Gasteiger partial charge on any atom is -0.377 e. The van der Waals surface area contributed by atoms with Gasteiger partial charge in [0.15, 0.2) is 0 Å². The lowest BCUT2D eigenvalue weighted by atomic mass is 9.83. The van der Waals surface area contributed by atoms with Crippen LogP contribution in [0.15, 0.2) is 24.3 Å². The third-order valence-corrected chi connectivity index (χ3v) is 4.54. The Morgan fingerprint density at radius 3 is 2.71 bits per heavy atom. The lowest BCUT2D eigenvalue weighted by Gasteiger charge is -2.33. The monoisotopic (exact) mass is 332 g/mol. The first kappa shape index (κ1) is 17.0. The van der Waals surface area contributed by atoms with Crippen molar-refractivity contribution < 1.29 is 9.13 Å². The van der Waals surface area contributed by atoms with Crippen LogP contribution < -0.4 is 5.73 Å². The normalized spacial score (nSPS) is 24.2. The van der Waals surface area contributed by atoms with Crippen molar-refractivity contribution in [2.45, 2.75) is 57.6 Å². The summed E-state index contributed by atoms with van der Waals surface area (Å²) >= 11 is 0. The highest BCUT2D eigenvalue weighted by Gasteiger charge is 2.32. The van der Waals surface area contributed by atoms with Gasteiger partial charge in [0.05, 0.1) is 11.8 Å². The molecule has 0 aliphatic heterocycles. The van der Waals surface area contributed by atoms with E-state index in [1.807, 2.05) is 11.6 Å². The van der Waals surface area contributed by atoms with Gasteiger partial charge in [0, 0.05) is 18.6 Å². The molecule has 0 unspecified atom stereocenters. The smallest absolute Gasteiger partial charge is 0.148 e. The topological polar surface area (TPSA) is 66.0 Å². The number of benzene rings is 1. The van der Waals surface area contributed by atoms with Crippen LogP contribution in [0.3, 0.4) is 0 Å². The molecule has 0 amide bonds. The van der Waals surface area contributed by atoms with Crippen molar-refractivity contribution in [2.75, 3.05) is 6.61 Å². The summed E-state index contributed by atoms with van der Waals surface area (Å²) in [4.78, 5) is 4.62. The molecule has 0 spiro atoms. The lowest BCUT2D eigenvalue weighted by Crippen LogP contribution is -2.42. The van der Waals surface area contributed by atoms with E-state index < -0.39 is 0 Å². The highest BCUT2D eigenvalue weighted by Crippen LogP contribution is 2.33. The van der Waals surface area contributed by atoms with Gasteiger partial charge in [-0.25, -0.2) is 14.1 Å². The van der Waals surface area contributed by atoms with Gasteiger partial charge < -0.3 is 10.5 Å². The number of aryl methyl sites for hydroxylation is 1. The Hall–Kier alpha value is -1.79. The molecule has 3 rings (SSSR count). The average molecular weight is 332 g/mol. The van der Waals surface area contributed by atoms with Gasteiger partial charge in [-0.15, -0.1) is 0 Å². The zero-order valence-corrected chi connectivity index (χ0v) is 14.3. The van der Waals surface area contributed by atoms with Crippen molar-refractivity contribution in [2.24, 2.45) is 5.73 Å². The number of halogens is 1. The highest BCUT2D eigenvalue weighted by atomic mass is 19.1. The molecular weight excluding hydrogens is 307 g/mol. The van der Waals surface area contributed by atoms with Gasteiger partial charge in [0.2, 0.25) is 0 Å². The number of nitrogens with two attached hydrogens (primary N) is 1. The summed E-state index contributed by atoms with van der Waals surface area (Å²) in [6.45, 7) is 4.73. The van der Waals surface area contributed by atoms with E-state index in [2.05, 4.69) is 17.0 Å². The van der Waals surface area contributed by atoms with E-state index in [1.165, 1.54) is 12.1 Å². The second-order valence-corrected chi connectivity index (χ2v) is 6.49. The summed E-state index contributed by atoms with van der Waals surface area (Å²) in [5, 5.41) is 4.49. The van der Waals surface area contributed by atoms with Gasteiger partial charge in [0.1, 0.15) is 17.5 Å². The van der Waals surface area contributed by atoms with Crippen molar-refractivity contribution in [1.29, 1.82) is 0 Å². The minimum absolute atomic E-state index is 0.00831. The molecule has 0 bridgehead atoms. The molecule has 1 aliphatic rings.